The lowest BCUT2D eigenvalue weighted by atomic mass is 9.68. The summed E-state index contributed by atoms with van der Waals surface area (Å²) in [5, 5.41) is 11.2. The quantitative estimate of drug-likeness (QED) is 0.284. The van der Waals surface area contributed by atoms with Crippen LogP contribution in [0.5, 0.6) is 0 Å². The Morgan fingerprint density at radius 2 is 1.86 bits per heavy atom. The molecule has 7 heteroatoms. The molecule has 1 aromatic rings. The van der Waals surface area contributed by atoms with Crippen LogP contribution in [0.2, 0.25) is 0 Å². The fraction of sp³-hybridized carbons (Fsp3) is 0.571. The molecule has 1 fully saturated rings. The van der Waals surface area contributed by atoms with Gasteiger partial charge in [0.05, 0.1) is 12.0 Å². The Balaban J connectivity index is 0.000000295. The molecule has 1 saturated carbocycles. The predicted octanol–water partition coefficient (Wildman–Crippen LogP) is 7.28. The van der Waals surface area contributed by atoms with Gasteiger partial charge in [-0.2, -0.15) is 0 Å². The van der Waals surface area contributed by atoms with Crippen LogP contribution in [0.4, 0.5) is 0 Å². The Morgan fingerprint density at radius 1 is 1.17 bits per heavy atom. The highest BCUT2D eigenvalue weighted by Gasteiger charge is 2.36. The molecule has 3 rings (SSSR count). The maximum absolute atomic E-state index is 12.0. The highest BCUT2D eigenvalue weighted by Crippen LogP contribution is 2.43. The lowest BCUT2D eigenvalue weighted by molar-refractivity contribution is -0.136. The molecule has 7 nitrogen and oxygen atoms in total. The zero-order valence-corrected chi connectivity index (χ0v) is 26.7. The maximum Gasteiger partial charge on any atom is 0.305 e. The van der Waals surface area contributed by atoms with Crippen LogP contribution in [0.1, 0.15) is 105 Å². The molecule has 1 aromatic heterocycles. The summed E-state index contributed by atoms with van der Waals surface area (Å²) in [5.41, 5.74) is 3.50. The number of aliphatic imine (C=N–C) groups is 1. The zero-order chi connectivity index (χ0) is 31.3. The maximum atomic E-state index is 12.0. The summed E-state index contributed by atoms with van der Waals surface area (Å²) in [6.45, 7) is 15.3. The van der Waals surface area contributed by atoms with Gasteiger partial charge >= 0.3 is 5.97 Å². The van der Waals surface area contributed by atoms with Crippen LogP contribution in [-0.2, 0) is 14.4 Å². The van der Waals surface area contributed by atoms with E-state index in [1.165, 1.54) is 18.4 Å². The summed E-state index contributed by atoms with van der Waals surface area (Å²) >= 11 is 0. The third-order valence-corrected chi connectivity index (χ3v) is 8.26. The van der Waals surface area contributed by atoms with Crippen molar-refractivity contribution < 1.29 is 19.5 Å². The molecule has 2 N–H and O–H groups in total. The summed E-state index contributed by atoms with van der Waals surface area (Å²) in [5.74, 6) is 0.148. The van der Waals surface area contributed by atoms with Gasteiger partial charge in [0, 0.05) is 37.0 Å². The summed E-state index contributed by atoms with van der Waals surface area (Å²) in [6, 6.07) is 3.77. The van der Waals surface area contributed by atoms with E-state index in [1.807, 2.05) is 30.4 Å². The normalized spacial score (nSPS) is 21.6. The number of rotatable bonds is 10. The number of pyridine rings is 1. The second-order valence-electron chi connectivity index (χ2n) is 12.9. The second-order valence-corrected chi connectivity index (χ2v) is 12.9. The Labute approximate surface area is 252 Å². The molecular formula is C35H51N3O4. The minimum absolute atomic E-state index is 0.0205. The number of hydrogen-bond donors (Lipinski definition) is 2. The van der Waals surface area contributed by atoms with E-state index in [-0.39, 0.29) is 30.2 Å². The smallest absolute Gasteiger partial charge is 0.305 e. The van der Waals surface area contributed by atoms with Gasteiger partial charge in [0.15, 0.2) is 5.78 Å². The molecule has 2 aliphatic carbocycles. The number of amides is 1. The molecule has 1 amide bonds. The molecule has 0 spiro atoms. The number of allylic oxidation sites excluding steroid dienone is 4. The molecule has 2 aliphatic rings. The van der Waals surface area contributed by atoms with Crippen molar-refractivity contribution in [1.82, 2.24) is 10.3 Å². The molecule has 0 bridgehead atoms. The van der Waals surface area contributed by atoms with Gasteiger partial charge in [-0.05, 0) is 86.5 Å². The van der Waals surface area contributed by atoms with Gasteiger partial charge in [-0.25, -0.2) is 0 Å². The third kappa shape index (κ3) is 11.5. The van der Waals surface area contributed by atoms with Gasteiger partial charge in [0.25, 0.3) is 5.91 Å². The summed E-state index contributed by atoms with van der Waals surface area (Å²) < 4.78 is 0. The number of carboxylic acid groups (broad SMARTS) is 1. The molecule has 230 valence electrons. The van der Waals surface area contributed by atoms with Gasteiger partial charge in [-0.1, -0.05) is 59.3 Å². The number of hydrogen-bond acceptors (Lipinski definition) is 5. The topological polar surface area (TPSA) is 109 Å². The first kappa shape index (κ1) is 34.8. The van der Waals surface area contributed by atoms with E-state index in [0.717, 1.165) is 43.6 Å². The summed E-state index contributed by atoms with van der Waals surface area (Å²) in [6.07, 6.45) is 18.7. The lowest BCUT2D eigenvalue weighted by Crippen LogP contribution is -2.35. The minimum Gasteiger partial charge on any atom is -0.481 e. The van der Waals surface area contributed by atoms with E-state index in [9.17, 15) is 14.4 Å². The van der Waals surface area contributed by atoms with E-state index in [0.29, 0.717) is 22.6 Å². The van der Waals surface area contributed by atoms with Gasteiger partial charge in [-0.15, -0.1) is 0 Å². The largest absolute Gasteiger partial charge is 0.481 e. The SMILES string of the molecule is CC(=O)C(=NC1(C)CCC(C(C)(C)C)CC1)c1cccnc1.CCCC(C)C1=CCC=C(C(=O)NCCC(=O)O)C=C1. The fourth-order valence-electron chi connectivity index (χ4n) is 5.50. The fourth-order valence-corrected chi connectivity index (χ4v) is 5.50. The van der Waals surface area contributed by atoms with Crippen LogP contribution in [0, 0.1) is 17.3 Å². The van der Waals surface area contributed by atoms with Gasteiger partial charge in [0.2, 0.25) is 0 Å². The van der Waals surface area contributed by atoms with Gasteiger partial charge < -0.3 is 10.4 Å². The minimum atomic E-state index is -0.909. The monoisotopic (exact) mass is 577 g/mol. The standard InChI is InChI=1S/C19H28N2O.C16H23NO3/c1-14(22)17(15-7-6-12-20-13-15)21-19(5)10-8-16(9-11-19)18(2,3)4;1-3-5-12(2)13-6-4-7-14(9-8-13)16(20)17-11-10-15(18)19/h6-7,12-13,16H,8-11H2,1-5H3;6-9,12H,3-5,10-11H2,1-2H3,(H,17,20)(H,18,19). The molecule has 1 unspecified atom stereocenters. The van der Waals surface area contributed by atoms with E-state index in [2.05, 4.69) is 57.9 Å². The second kappa shape index (κ2) is 16.3. The number of carbonyl (C=O) groups is 3. The van der Waals surface area contributed by atoms with E-state index in [1.54, 1.807) is 19.3 Å². The number of carboxylic acids is 1. The number of carbonyl (C=O) groups excluding carboxylic acids is 2. The molecule has 0 radical (unpaired) electrons. The van der Waals surface area contributed by atoms with E-state index < -0.39 is 5.97 Å². The molecule has 0 aliphatic heterocycles. The van der Waals surface area contributed by atoms with Crippen LogP contribution >= 0.6 is 0 Å². The first-order valence-electron chi connectivity index (χ1n) is 15.3. The Kier molecular flexibility index (Phi) is 13.5. The molecule has 42 heavy (non-hydrogen) atoms. The van der Waals surface area contributed by atoms with Crippen molar-refractivity contribution >= 4 is 23.4 Å². The van der Waals surface area contributed by atoms with Gasteiger partial charge in [-0.3, -0.25) is 24.4 Å². The number of nitrogens with one attached hydrogen (secondary N) is 1. The van der Waals surface area contributed by atoms with Crippen LogP contribution in [0.15, 0.2) is 65.0 Å². The molecular weight excluding hydrogens is 526 g/mol. The third-order valence-electron chi connectivity index (χ3n) is 8.26. The highest BCUT2D eigenvalue weighted by atomic mass is 16.4. The number of aliphatic carboxylic acids is 1. The predicted molar refractivity (Wildman–Crippen MR) is 171 cm³/mol. The summed E-state index contributed by atoms with van der Waals surface area (Å²) in [4.78, 5) is 43.3. The van der Waals surface area contributed by atoms with E-state index in [4.69, 9.17) is 10.1 Å². The average Bonchev–Trinajstić information content (AvgIpc) is 3.19. The molecule has 0 aromatic carbocycles. The highest BCUT2D eigenvalue weighted by molar-refractivity contribution is 6.45. The Hall–Kier alpha value is -3.35. The molecule has 1 atom stereocenters. The number of aromatic nitrogens is 1. The molecule has 1 heterocycles. The van der Waals surface area contributed by atoms with Crippen molar-refractivity contribution in [1.29, 1.82) is 0 Å². The number of ketones is 1. The summed E-state index contributed by atoms with van der Waals surface area (Å²) in [7, 11) is 0. The van der Waals surface area contributed by atoms with Crippen molar-refractivity contribution in [3.8, 4) is 0 Å². The molecule has 0 saturated heterocycles. The van der Waals surface area contributed by atoms with Crippen molar-refractivity contribution in [2.75, 3.05) is 6.54 Å². The van der Waals surface area contributed by atoms with Gasteiger partial charge in [0.1, 0.15) is 5.71 Å². The van der Waals surface area contributed by atoms with Crippen LogP contribution < -0.4 is 5.32 Å². The number of nitrogens with zero attached hydrogens (tertiary/aromatic N) is 2. The number of Topliss-reactive ketones (excluding diaryl/α,β-unsaturated/α-hetero) is 1. The van der Waals surface area contributed by atoms with Crippen molar-refractivity contribution in [2.24, 2.45) is 22.2 Å². The lowest BCUT2D eigenvalue weighted by Gasteiger charge is -2.40. The van der Waals surface area contributed by atoms with Crippen molar-refractivity contribution in [3.63, 3.8) is 0 Å². The first-order valence-corrected chi connectivity index (χ1v) is 15.3. The van der Waals surface area contributed by atoms with Crippen LogP contribution in [0.3, 0.4) is 0 Å². The first-order chi connectivity index (χ1) is 19.8. The Bertz CT molecular complexity index is 1180. The average molecular weight is 578 g/mol. The van der Waals surface area contributed by atoms with Crippen LogP contribution in [0.25, 0.3) is 0 Å². The van der Waals surface area contributed by atoms with Crippen molar-refractivity contribution in [2.45, 2.75) is 105 Å². The van der Waals surface area contributed by atoms with Crippen molar-refractivity contribution in [3.05, 3.63) is 65.5 Å². The van der Waals surface area contributed by atoms with Crippen LogP contribution in [-0.4, -0.2) is 45.5 Å². The van der Waals surface area contributed by atoms with E-state index >= 15 is 0 Å². The zero-order valence-electron chi connectivity index (χ0n) is 26.7. The Morgan fingerprint density at radius 3 is 2.40 bits per heavy atom.